The lowest BCUT2D eigenvalue weighted by atomic mass is 9.84. The summed E-state index contributed by atoms with van der Waals surface area (Å²) in [7, 11) is 1.72. The smallest absolute Gasteiger partial charge is 0.317 e. The summed E-state index contributed by atoms with van der Waals surface area (Å²) in [6, 6.07) is 7.49. The Kier molecular flexibility index (Phi) is 7.47. The van der Waals surface area contributed by atoms with Crippen LogP contribution in [0, 0.1) is 0 Å². The molecule has 0 bridgehead atoms. The summed E-state index contributed by atoms with van der Waals surface area (Å²) < 4.78 is 5.67. The van der Waals surface area contributed by atoms with E-state index in [0.29, 0.717) is 37.8 Å². The van der Waals surface area contributed by atoms with Crippen LogP contribution in [0.4, 0.5) is 4.79 Å². The summed E-state index contributed by atoms with van der Waals surface area (Å²) in [6.07, 6.45) is -0.203. The Morgan fingerprint density at radius 2 is 2.11 bits per heavy atom. The maximum absolute atomic E-state index is 12.6. The van der Waals surface area contributed by atoms with Gasteiger partial charge in [-0.1, -0.05) is 43.6 Å². The summed E-state index contributed by atoms with van der Waals surface area (Å²) >= 11 is 6.29. The minimum Gasteiger partial charge on any atom is -0.480 e. The Morgan fingerprint density at radius 3 is 2.78 bits per heavy atom. The van der Waals surface area contributed by atoms with Crippen molar-refractivity contribution in [3.63, 3.8) is 0 Å². The number of hydrogen-bond acceptors (Lipinski definition) is 4. The zero-order valence-corrected chi connectivity index (χ0v) is 16.8. The first-order chi connectivity index (χ1) is 12.7. The third kappa shape index (κ3) is 6.37. The molecule has 1 unspecified atom stereocenters. The largest absolute Gasteiger partial charge is 0.480 e. The molecule has 1 fully saturated rings. The normalized spacial score (nSPS) is 17.8. The van der Waals surface area contributed by atoms with Crippen LogP contribution in [0.2, 0.25) is 5.02 Å². The number of carbonyl (C=O) groups is 2. The number of ether oxygens (including phenoxy) is 1. The third-order valence-electron chi connectivity index (χ3n) is 4.63. The average Bonchev–Trinajstić information content (AvgIpc) is 2.59. The van der Waals surface area contributed by atoms with Crippen molar-refractivity contribution >= 4 is 23.6 Å². The molecule has 1 atom stereocenters. The van der Waals surface area contributed by atoms with Gasteiger partial charge in [0, 0.05) is 36.6 Å². The van der Waals surface area contributed by atoms with Gasteiger partial charge in [-0.05, 0) is 18.7 Å². The second-order valence-corrected chi connectivity index (χ2v) is 7.96. The van der Waals surface area contributed by atoms with Crippen molar-refractivity contribution < 1.29 is 19.4 Å². The Morgan fingerprint density at radius 1 is 1.41 bits per heavy atom. The number of carbonyl (C=O) groups excluding carboxylic acids is 1. The van der Waals surface area contributed by atoms with Crippen LogP contribution >= 0.6 is 11.6 Å². The minimum atomic E-state index is -0.885. The van der Waals surface area contributed by atoms with Crippen molar-refractivity contribution in [2.45, 2.75) is 25.4 Å². The highest BCUT2D eigenvalue weighted by atomic mass is 35.5. The lowest BCUT2D eigenvalue weighted by Gasteiger charge is -2.35. The monoisotopic (exact) mass is 397 g/mol. The molecule has 2 N–H and O–H groups in total. The minimum absolute atomic E-state index is 0.0575. The summed E-state index contributed by atoms with van der Waals surface area (Å²) in [5, 5.41) is 12.5. The van der Waals surface area contributed by atoms with Gasteiger partial charge in [-0.3, -0.25) is 9.69 Å². The standard InChI is InChI=1S/C19H28ClN3O4/c1-19(2,15-6-4-5-7-16(15)20)13-21-18(26)23-8-9-27-14(11-23)10-22(3)12-17(24)25/h4-7,14H,8-13H2,1-3H3,(H,21,26)(H,24,25). The summed E-state index contributed by atoms with van der Waals surface area (Å²) in [6.45, 7) is 6.32. The molecule has 1 saturated heterocycles. The fourth-order valence-electron chi connectivity index (χ4n) is 3.17. The van der Waals surface area contributed by atoms with E-state index >= 15 is 0 Å². The van der Waals surface area contributed by atoms with Gasteiger partial charge < -0.3 is 20.1 Å². The van der Waals surface area contributed by atoms with Gasteiger partial charge in [0.15, 0.2) is 0 Å². The zero-order chi connectivity index (χ0) is 20.0. The highest BCUT2D eigenvalue weighted by Gasteiger charge is 2.28. The maximum Gasteiger partial charge on any atom is 0.317 e. The van der Waals surface area contributed by atoms with Gasteiger partial charge >= 0.3 is 12.0 Å². The van der Waals surface area contributed by atoms with E-state index in [1.165, 1.54) is 0 Å². The SMILES string of the molecule is CN(CC(=O)O)CC1CN(C(=O)NCC(C)(C)c2ccccc2Cl)CCO1. The molecule has 8 heteroatoms. The van der Waals surface area contributed by atoms with Crippen molar-refractivity contribution in [1.29, 1.82) is 0 Å². The zero-order valence-electron chi connectivity index (χ0n) is 16.1. The van der Waals surface area contributed by atoms with Crippen molar-refractivity contribution in [1.82, 2.24) is 15.1 Å². The molecule has 2 rings (SSSR count). The first kappa shape index (κ1) is 21.5. The van der Waals surface area contributed by atoms with Crippen LogP contribution in [-0.4, -0.2) is 79.4 Å². The van der Waals surface area contributed by atoms with Crippen molar-refractivity contribution in [2.24, 2.45) is 0 Å². The van der Waals surface area contributed by atoms with Gasteiger partial charge in [0.1, 0.15) is 0 Å². The Bertz CT molecular complexity index is 668. The molecule has 2 amide bonds. The molecule has 7 nitrogen and oxygen atoms in total. The number of nitrogens with zero attached hydrogens (tertiary/aromatic N) is 2. The molecular formula is C19H28ClN3O4. The van der Waals surface area contributed by atoms with Crippen molar-refractivity contribution in [2.75, 3.05) is 46.4 Å². The van der Waals surface area contributed by atoms with Crippen LogP contribution in [-0.2, 0) is 14.9 Å². The number of rotatable bonds is 7. The second-order valence-electron chi connectivity index (χ2n) is 7.55. The number of morpholine rings is 1. The van der Waals surface area contributed by atoms with Crippen LogP contribution in [0.25, 0.3) is 0 Å². The molecule has 0 saturated carbocycles. The van der Waals surface area contributed by atoms with E-state index in [0.717, 1.165) is 5.56 Å². The van der Waals surface area contributed by atoms with E-state index in [4.69, 9.17) is 21.4 Å². The first-order valence-corrected chi connectivity index (χ1v) is 9.36. The molecule has 1 aliphatic heterocycles. The molecule has 27 heavy (non-hydrogen) atoms. The Hall–Kier alpha value is -1.83. The Labute approximate surface area is 165 Å². The van der Waals surface area contributed by atoms with Crippen LogP contribution in [0.5, 0.6) is 0 Å². The van der Waals surface area contributed by atoms with E-state index in [-0.39, 0.29) is 24.1 Å². The predicted molar refractivity (Wildman–Crippen MR) is 104 cm³/mol. The summed E-state index contributed by atoms with van der Waals surface area (Å²) in [5.74, 6) is -0.885. The van der Waals surface area contributed by atoms with Gasteiger partial charge in [-0.25, -0.2) is 4.79 Å². The van der Waals surface area contributed by atoms with Crippen LogP contribution in [0.1, 0.15) is 19.4 Å². The number of hydrogen-bond donors (Lipinski definition) is 2. The quantitative estimate of drug-likeness (QED) is 0.735. The van der Waals surface area contributed by atoms with Gasteiger partial charge in [0.25, 0.3) is 0 Å². The van der Waals surface area contributed by atoms with Crippen molar-refractivity contribution in [3.8, 4) is 0 Å². The molecule has 0 radical (unpaired) electrons. The van der Waals surface area contributed by atoms with E-state index in [2.05, 4.69) is 5.32 Å². The van der Waals surface area contributed by atoms with Gasteiger partial charge in [0.2, 0.25) is 0 Å². The number of likely N-dealkylation sites (N-methyl/N-ethyl adjacent to an activating group) is 1. The predicted octanol–water partition coefficient (Wildman–Crippen LogP) is 2.04. The number of aliphatic carboxylic acids is 1. The second kappa shape index (κ2) is 9.39. The van der Waals surface area contributed by atoms with E-state index in [1.807, 2.05) is 38.1 Å². The average molecular weight is 398 g/mol. The third-order valence-corrected chi connectivity index (χ3v) is 4.96. The number of amides is 2. The highest BCUT2D eigenvalue weighted by molar-refractivity contribution is 6.31. The lowest BCUT2D eigenvalue weighted by Crippen LogP contribution is -2.53. The fraction of sp³-hybridized carbons (Fsp3) is 0.579. The maximum atomic E-state index is 12.6. The number of urea groups is 1. The highest BCUT2D eigenvalue weighted by Crippen LogP contribution is 2.29. The first-order valence-electron chi connectivity index (χ1n) is 8.99. The summed E-state index contributed by atoms with van der Waals surface area (Å²) in [5.41, 5.74) is 0.684. The summed E-state index contributed by atoms with van der Waals surface area (Å²) in [4.78, 5) is 26.8. The molecule has 1 heterocycles. The number of carboxylic acid groups (broad SMARTS) is 1. The van der Waals surface area contributed by atoms with Crippen LogP contribution in [0.15, 0.2) is 24.3 Å². The van der Waals surface area contributed by atoms with E-state index < -0.39 is 5.97 Å². The molecule has 150 valence electrons. The Balaban J connectivity index is 1.88. The van der Waals surface area contributed by atoms with Gasteiger partial charge in [-0.15, -0.1) is 0 Å². The van der Waals surface area contributed by atoms with Crippen LogP contribution in [0.3, 0.4) is 0 Å². The fourth-order valence-corrected chi connectivity index (χ4v) is 3.56. The topological polar surface area (TPSA) is 82.1 Å². The van der Waals surface area contributed by atoms with E-state index in [9.17, 15) is 9.59 Å². The molecule has 0 aliphatic carbocycles. The number of carboxylic acids is 1. The molecule has 0 spiro atoms. The number of nitrogens with one attached hydrogen (secondary N) is 1. The van der Waals surface area contributed by atoms with Crippen molar-refractivity contribution in [3.05, 3.63) is 34.9 Å². The van der Waals surface area contributed by atoms with Crippen LogP contribution < -0.4 is 5.32 Å². The number of halogens is 1. The molecule has 1 aliphatic rings. The molecule has 1 aromatic carbocycles. The van der Waals surface area contributed by atoms with Gasteiger partial charge in [-0.2, -0.15) is 0 Å². The lowest BCUT2D eigenvalue weighted by molar-refractivity contribution is -0.138. The van der Waals surface area contributed by atoms with Gasteiger partial charge in [0.05, 0.1) is 19.3 Å². The van der Waals surface area contributed by atoms with E-state index in [1.54, 1.807) is 16.8 Å². The number of benzene rings is 1. The molecular weight excluding hydrogens is 370 g/mol. The molecule has 1 aromatic rings. The molecule has 0 aromatic heterocycles.